The van der Waals surface area contributed by atoms with Gasteiger partial charge in [-0.2, -0.15) is 0 Å². The van der Waals surface area contributed by atoms with Gasteiger partial charge in [-0.1, -0.05) is 54.1 Å². The molecular weight excluding hydrogens is 278 g/mol. The Bertz CT molecular complexity index is 850. The molecule has 0 aromatic heterocycles. The molecule has 0 radical (unpaired) electrons. The SMILES string of the molecule is CC1=CCC(c2ccccc2C(=N)c2ccc(C)c(C)c2C)=C1. The van der Waals surface area contributed by atoms with Gasteiger partial charge in [-0.15, -0.1) is 0 Å². The number of aryl methyl sites for hydroxylation is 1. The molecule has 0 aliphatic heterocycles. The summed E-state index contributed by atoms with van der Waals surface area (Å²) in [6.45, 7) is 8.52. The average molecular weight is 301 g/mol. The largest absolute Gasteiger partial charge is 0.300 e. The molecule has 116 valence electrons. The van der Waals surface area contributed by atoms with E-state index >= 15 is 0 Å². The van der Waals surface area contributed by atoms with Crippen molar-refractivity contribution in [1.82, 2.24) is 0 Å². The van der Waals surface area contributed by atoms with E-state index in [4.69, 9.17) is 5.41 Å². The minimum atomic E-state index is 0.617. The zero-order chi connectivity index (χ0) is 16.6. The molecule has 0 unspecified atom stereocenters. The first-order chi connectivity index (χ1) is 11.0. The summed E-state index contributed by atoms with van der Waals surface area (Å²) in [5.74, 6) is 0. The van der Waals surface area contributed by atoms with E-state index in [1.165, 1.54) is 33.4 Å². The van der Waals surface area contributed by atoms with Crippen molar-refractivity contribution in [3.8, 4) is 0 Å². The molecule has 1 aliphatic rings. The fourth-order valence-corrected chi connectivity index (χ4v) is 3.20. The van der Waals surface area contributed by atoms with E-state index in [0.717, 1.165) is 17.5 Å². The van der Waals surface area contributed by atoms with E-state index in [1.807, 2.05) is 6.07 Å². The van der Waals surface area contributed by atoms with Crippen molar-refractivity contribution in [2.75, 3.05) is 0 Å². The number of nitrogens with one attached hydrogen (secondary N) is 1. The summed E-state index contributed by atoms with van der Waals surface area (Å²) >= 11 is 0. The molecule has 0 heterocycles. The van der Waals surface area contributed by atoms with Crippen molar-refractivity contribution in [1.29, 1.82) is 5.41 Å². The summed E-state index contributed by atoms with van der Waals surface area (Å²) in [7, 11) is 0. The van der Waals surface area contributed by atoms with Crippen molar-refractivity contribution in [2.24, 2.45) is 0 Å². The number of hydrogen-bond donors (Lipinski definition) is 1. The Kier molecular flexibility index (Phi) is 4.04. The third kappa shape index (κ3) is 2.79. The van der Waals surface area contributed by atoms with Crippen molar-refractivity contribution < 1.29 is 0 Å². The molecule has 1 aliphatic carbocycles. The summed E-state index contributed by atoms with van der Waals surface area (Å²) in [6.07, 6.45) is 5.44. The van der Waals surface area contributed by atoms with Gasteiger partial charge in [0.1, 0.15) is 0 Å². The van der Waals surface area contributed by atoms with Gasteiger partial charge in [-0.3, -0.25) is 5.41 Å². The molecule has 0 saturated carbocycles. The second-order valence-electron chi connectivity index (χ2n) is 6.42. The summed E-state index contributed by atoms with van der Waals surface area (Å²) < 4.78 is 0. The number of hydrogen-bond acceptors (Lipinski definition) is 1. The van der Waals surface area contributed by atoms with Gasteiger partial charge >= 0.3 is 0 Å². The molecule has 0 bridgehead atoms. The lowest BCUT2D eigenvalue weighted by Gasteiger charge is -2.16. The van der Waals surface area contributed by atoms with Crippen LogP contribution in [0.25, 0.3) is 5.57 Å². The fourth-order valence-electron chi connectivity index (χ4n) is 3.20. The van der Waals surface area contributed by atoms with Crippen molar-refractivity contribution >= 4 is 11.3 Å². The second kappa shape index (κ2) is 6.00. The number of benzene rings is 2. The highest BCUT2D eigenvalue weighted by Crippen LogP contribution is 2.31. The third-order valence-electron chi connectivity index (χ3n) is 4.92. The standard InChI is InChI=1S/C22H23N/c1-14-9-11-18(13-14)20-7-5-6-8-21(20)22(23)19-12-10-15(2)16(3)17(19)4/h5-10,12-13,23H,11H2,1-4H3. The van der Waals surface area contributed by atoms with Crippen molar-refractivity contribution in [3.63, 3.8) is 0 Å². The molecule has 0 amide bonds. The number of allylic oxidation sites excluding steroid dienone is 4. The topological polar surface area (TPSA) is 23.9 Å². The van der Waals surface area contributed by atoms with Crippen LogP contribution in [-0.4, -0.2) is 5.71 Å². The van der Waals surface area contributed by atoms with Crippen LogP contribution in [0.15, 0.2) is 54.1 Å². The Labute approximate surface area is 138 Å². The van der Waals surface area contributed by atoms with Crippen LogP contribution in [-0.2, 0) is 0 Å². The quantitative estimate of drug-likeness (QED) is 0.697. The smallest absolute Gasteiger partial charge is 0.0693 e. The molecule has 0 fully saturated rings. The summed E-state index contributed by atoms with van der Waals surface area (Å²) in [6, 6.07) is 12.5. The van der Waals surface area contributed by atoms with Crippen molar-refractivity contribution in [2.45, 2.75) is 34.1 Å². The van der Waals surface area contributed by atoms with E-state index in [0.29, 0.717) is 5.71 Å². The number of rotatable bonds is 3. The molecule has 1 heteroatoms. The minimum absolute atomic E-state index is 0.617. The Hall–Kier alpha value is -2.41. The lowest BCUT2D eigenvalue weighted by atomic mass is 9.89. The second-order valence-corrected chi connectivity index (χ2v) is 6.42. The zero-order valence-electron chi connectivity index (χ0n) is 14.3. The molecule has 0 atom stereocenters. The van der Waals surface area contributed by atoms with Gasteiger partial charge in [0.15, 0.2) is 0 Å². The van der Waals surface area contributed by atoms with Crippen LogP contribution in [0.5, 0.6) is 0 Å². The van der Waals surface area contributed by atoms with E-state index in [1.54, 1.807) is 0 Å². The maximum absolute atomic E-state index is 8.79. The molecule has 2 aromatic rings. The van der Waals surface area contributed by atoms with Gasteiger partial charge in [-0.05, 0) is 61.9 Å². The van der Waals surface area contributed by atoms with Crippen LogP contribution in [0.3, 0.4) is 0 Å². The van der Waals surface area contributed by atoms with Gasteiger partial charge in [-0.25, -0.2) is 0 Å². The molecule has 1 nitrogen and oxygen atoms in total. The van der Waals surface area contributed by atoms with E-state index in [9.17, 15) is 0 Å². The van der Waals surface area contributed by atoms with Crippen LogP contribution >= 0.6 is 0 Å². The van der Waals surface area contributed by atoms with Crippen LogP contribution < -0.4 is 0 Å². The monoisotopic (exact) mass is 301 g/mol. The van der Waals surface area contributed by atoms with Gasteiger partial charge in [0.05, 0.1) is 5.71 Å². The molecule has 2 aromatic carbocycles. The Balaban J connectivity index is 2.08. The van der Waals surface area contributed by atoms with Gasteiger partial charge < -0.3 is 0 Å². The predicted molar refractivity (Wildman–Crippen MR) is 99.4 cm³/mol. The minimum Gasteiger partial charge on any atom is -0.300 e. The highest BCUT2D eigenvalue weighted by molar-refractivity contribution is 6.14. The van der Waals surface area contributed by atoms with Gasteiger partial charge in [0.25, 0.3) is 0 Å². The lowest BCUT2D eigenvalue weighted by Crippen LogP contribution is -2.08. The van der Waals surface area contributed by atoms with Crippen LogP contribution in [0.2, 0.25) is 0 Å². The molecule has 0 spiro atoms. The van der Waals surface area contributed by atoms with Gasteiger partial charge in [0, 0.05) is 11.1 Å². The first kappa shape index (κ1) is 15.5. The van der Waals surface area contributed by atoms with E-state index < -0.39 is 0 Å². The Morgan fingerprint density at radius 2 is 1.61 bits per heavy atom. The maximum atomic E-state index is 8.79. The van der Waals surface area contributed by atoms with Crippen molar-refractivity contribution in [3.05, 3.63) is 87.5 Å². The van der Waals surface area contributed by atoms with Crippen LogP contribution in [0, 0.1) is 26.2 Å². The maximum Gasteiger partial charge on any atom is 0.0693 e. The molecule has 0 saturated heterocycles. The highest BCUT2D eigenvalue weighted by atomic mass is 14.4. The third-order valence-corrected chi connectivity index (χ3v) is 4.92. The Morgan fingerprint density at radius 1 is 0.870 bits per heavy atom. The van der Waals surface area contributed by atoms with Crippen LogP contribution in [0.4, 0.5) is 0 Å². The lowest BCUT2D eigenvalue weighted by molar-refractivity contribution is 1.25. The Morgan fingerprint density at radius 3 is 2.30 bits per heavy atom. The zero-order valence-corrected chi connectivity index (χ0v) is 14.3. The normalized spacial score (nSPS) is 13.7. The summed E-state index contributed by atoms with van der Waals surface area (Å²) in [4.78, 5) is 0. The van der Waals surface area contributed by atoms with Gasteiger partial charge in [0.2, 0.25) is 0 Å². The first-order valence-corrected chi connectivity index (χ1v) is 8.12. The van der Waals surface area contributed by atoms with Crippen LogP contribution in [0.1, 0.15) is 46.7 Å². The predicted octanol–water partition coefficient (Wildman–Crippen LogP) is 5.76. The average Bonchev–Trinajstić information content (AvgIpc) is 2.98. The summed E-state index contributed by atoms with van der Waals surface area (Å²) in [5.41, 5.74) is 10.2. The highest BCUT2D eigenvalue weighted by Gasteiger charge is 2.16. The fraction of sp³-hybridized carbons (Fsp3) is 0.227. The van der Waals surface area contributed by atoms with E-state index in [-0.39, 0.29) is 0 Å². The molecule has 3 rings (SSSR count). The summed E-state index contributed by atoms with van der Waals surface area (Å²) in [5, 5.41) is 8.79. The first-order valence-electron chi connectivity index (χ1n) is 8.12. The molecule has 23 heavy (non-hydrogen) atoms. The molecular formula is C22H23N. The molecule has 1 N–H and O–H groups in total. The van der Waals surface area contributed by atoms with E-state index in [2.05, 4.69) is 70.2 Å².